The van der Waals surface area contributed by atoms with E-state index in [1.807, 2.05) is 12.1 Å². The van der Waals surface area contributed by atoms with E-state index in [1.54, 1.807) is 0 Å². The zero-order valence-electron chi connectivity index (χ0n) is 13.1. The van der Waals surface area contributed by atoms with Crippen LogP contribution in [0.25, 0.3) is 0 Å². The van der Waals surface area contributed by atoms with E-state index in [0.29, 0.717) is 19.1 Å². The summed E-state index contributed by atoms with van der Waals surface area (Å²) in [6.07, 6.45) is 0. The first-order valence-corrected chi connectivity index (χ1v) is 7.42. The molecule has 0 amide bonds. The maximum absolute atomic E-state index is 5.68. The Morgan fingerprint density at radius 2 is 1.70 bits per heavy atom. The Bertz CT molecular complexity index is 391. The van der Waals surface area contributed by atoms with Gasteiger partial charge in [0.25, 0.3) is 0 Å². The first-order valence-electron chi connectivity index (χ1n) is 7.42. The molecule has 1 aromatic rings. The van der Waals surface area contributed by atoms with E-state index in [9.17, 15) is 0 Å². The number of nitrogens with one attached hydrogen (secondary N) is 2. The summed E-state index contributed by atoms with van der Waals surface area (Å²) in [7, 11) is 0. The minimum atomic E-state index is 0.552. The zero-order valence-corrected chi connectivity index (χ0v) is 13.1. The SMILES string of the molecule is CCNC(=NCCOc1ccc(C(C)C)cc1)NCC. The van der Waals surface area contributed by atoms with Crippen LogP contribution in [0.2, 0.25) is 0 Å². The average molecular weight is 277 g/mol. The Kier molecular flexibility index (Phi) is 7.55. The Balaban J connectivity index is 2.37. The lowest BCUT2D eigenvalue weighted by atomic mass is 10.0. The molecule has 20 heavy (non-hydrogen) atoms. The lowest BCUT2D eigenvalue weighted by Gasteiger charge is -2.10. The number of benzene rings is 1. The number of ether oxygens (including phenoxy) is 1. The number of guanidine groups is 1. The average Bonchev–Trinajstić information content (AvgIpc) is 2.44. The molecule has 0 unspecified atom stereocenters. The lowest BCUT2D eigenvalue weighted by molar-refractivity contribution is 0.328. The standard InChI is InChI=1S/C16H27N3O/c1-5-17-16(18-6-2)19-11-12-20-15-9-7-14(8-10-15)13(3)4/h7-10,13H,5-6,11-12H2,1-4H3,(H2,17,18,19). The molecule has 0 aliphatic heterocycles. The van der Waals surface area contributed by atoms with Crippen LogP contribution in [-0.2, 0) is 0 Å². The number of hydrogen-bond acceptors (Lipinski definition) is 2. The number of aliphatic imine (C=N–C) groups is 1. The van der Waals surface area contributed by atoms with Crippen molar-refractivity contribution in [3.05, 3.63) is 29.8 Å². The minimum absolute atomic E-state index is 0.552. The second-order valence-corrected chi connectivity index (χ2v) is 4.86. The highest BCUT2D eigenvalue weighted by atomic mass is 16.5. The molecule has 4 heteroatoms. The second kappa shape index (κ2) is 9.23. The molecule has 0 atom stereocenters. The number of rotatable bonds is 7. The van der Waals surface area contributed by atoms with Gasteiger partial charge in [-0.2, -0.15) is 0 Å². The third-order valence-electron chi connectivity index (χ3n) is 2.87. The smallest absolute Gasteiger partial charge is 0.191 e. The van der Waals surface area contributed by atoms with Crippen LogP contribution in [0.15, 0.2) is 29.3 Å². The third kappa shape index (κ3) is 5.95. The van der Waals surface area contributed by atoms with Gasteiger partial charge >= 0.3 is 0 Å². The predicted molar refractivity (Wildman–Crippen MR) is 85.7 cm³/mol. The Morgan fingerprint density at radius 1 is 1.10 bits per heavy atom. The fourth-order valence-electron chi connectivity index (χ4n) is 1.78. The fraction of sp³-hybridized carbons (Fsp3) is 0.562. The van der Waals surface area contributed by atoms with Gasteiger partial charge < -0.3 is 15.4 Å². The monoisotopic (exact) mass is 277 g/mol. The van der Waals surface area contributed by atoms with Crippen molar-refractivity contribution in [2.75, 3.05) is 26.2 Å². The van der Waals surface area contributed by atoms with E-state index in [4.69, 9.17) is 4.74 Å². The highest BCUT2D eigenvalue weighted by molar-refractivity contribution is 5.79. The minimum Gasteiger partial charge on any atom is -0.492 e. The van der Waals surface area contributed by atoms with Gasteiger partial charge in [0.05, 0.1) is 6.54 Å². The molecule has 112 valence electrons. The van der Waals surface area contributed by atoms with Gasteiger partial charge in [0.2, 0.25) is 0 Å². The van der Waals surface area contributed by atoms with Crippen LogP contribution in [0.4, 0.5) is 0 Å². The first kappa shape index (κ1) is 16.3. The second-order valence-electron chi connectivity index (χ2n) is 4.86. The summed E-state index contributed by atoms with van der Waals surface area (Å²) in [6.45, 7) is 11.4. The van der Waals surface area contributed by atoms with Crippen molar-refractivity contribution in [3.63, 3.8) is 0 Å². The number of nitrogens with zero attached hydrogens (tertiary/aromatic N) is 1. The Hall–Kier alpha value is -1.71. The maximum atomic E-state index is 5.68. The number of hydrogen-bond donors (Lipinski definition) is 2. The van der Waals surface area contributed by atoms with Gasteiger partial charge in [-0.25, -0.2) is 4.99 Å². The van der Waals surface area contributed by atoms with Gasteiger partial charge in [0, 0.05) is 13.1 Å². The highest BCUT2D eigenvalue weighted by Gasteiger charge is 1.99. The third-order valence-corrected chi connectivity index (χ3v) is 2.87. The van der Waals surface area contributed by atoms with E-state index >= 15 is 0 Å². The normalized spacial score (nSPS) is 10.2. The molecule has 0 aliphatic carbocycles. The summed E-state index contributed by atoms with van der Waals surface area (Å²) in [5.74, 6) is 2.29. The largest absolute Gasteiger partial charge is 0.492 e. The summed E-state index contributed by atoms with van der Waals surface area (Å²) in [5, 5.41) is 6.37. The summed E-state index contributed by atoms with van der Waals surface area (Å²) < 4.78 is 5.68. The van der Waals surface area contributed by atoms with Gasteiger partial charge in [-0.3, -0.25) is 0 Å². The van der Waals surface area contributed by atoms with Crippen LogP contribution in [0.3, 0.4) is 0 Å². The molecule has 0 fully saturated rings. The molecule has 0 saturated heterocycles. The molecule has 0 saturated carbocycles. The van der Waals surface area contributed by atoms with E-state index in [2.05, 4.69) is 55.5 Å². The molecule has 1 rings (SSSR count). The zero-order chi connectivity index (χ0) is 14.8. The van der Waals surface area contributed by atoms with Crippen molar-refractivity contribution < 1.29 is 4.74 Å². The van der Waals surface area contributed by atoms with Crippen molar-refractivity contribution in [2.24, 2.45) is 4.99 Å². The predicted octanol–water partition coefficient (Wildman–Crippen LogP) is 2.76. The molecule has 0 aromatic heterocycles. The van der Waals surface area contributed by atoms with Crippen LogP contribution in [0.5, 0.6) is 5.75 Å². The summed E-state index contributed by atoms with van der Waals surface area (Å²) in [4.78, 5) is 4.43. The first-order chi connectivity index (χ1) is 9.67. The molecule has 4 nitrogen and oxygen atoms in total. The summed E-state index contributed by atoms with van der Waals surface area (Å²) >= 11 is 0. The molecule has 2 N–H and O–H groups in total. The molecule has 0 radical (unpaired) electrons. The Morgan fingerprint density at radius 3 is 2.20 bits per heavy atom. The molecule has 0 heterocycles. The van der Waals surface area contributed by atoms with Crippen LogP contribution >= 0.6 is 0 Å². The van der Waals surface area contributed by atoms with Crippen molar-refractivity contribution in [3.8, 4) is 5.75 Å². The van der Waals surface area contributed by atoms with Crippen molar-refractivity contribution in [2.45, 2.75) is 33.6 Å². The summed E-state index contributed by atoms with van der Waals surface area (Å²) in [5.41, 5.74) is 1.33. The van der Waals surface area contributed by atoms with Crippen LogP contribution < -0.4 is 15.4 Å². The maximum Gasteiger partial charge on any atom is 0.191 e. The van der Waals surface area contributed by atoms with E-state index in [-0.39, 0.29) is 0 Å². The van der Waals surface area contributed by atoms with E-state index < -0.39 is 0 Å². The molecule has 0 spiro atoms. The van der Waals surface area contributed by atoms with Gasteiger partial charge in [-0.15, -0.1) is 0 Å². The van der Waals surface area contributed by atoms with Crippen LogP contribution in [0, 0.1) is 0 Å². The van der Waals surface area contributed by atoms with Crippen molar-refractivity contribution in [1.29, 1.82) is 0 Å². The molecule has 0 bridgehead atoms. The van der Waals surface area contributed by atoms with Crippen molar-refractivity contribution in [1.82, 2.24) is 10.6 Å². The van der Waals surface area contributed by atoms with Gasteiger partial charge in [0.15, 0.2) is 5.96 Å². The van der Waals surface area contributed by atoms with Gasteiger partial charge in [-0.05, 0) is 37.5 Å². The fourth-order valence-corrected chi connectivity index (χ4v) is 1.78. The summed E-state index contributed by atoms with van der Waals surface area (Å²) in [6, 6.07) is 8.28. The molecule has 0 aliphatic rings. The lowest BCUT2D eigenvalue weighted by Crippen LogP contribution is -2.37. The quantitative estimate of drug-likeness (QED) is 0.457. The van der Waals surface area contributed by atoms with Gasteiger partial charge in [0.1, 0.15) is 12.4 Å². The molecular formula is C16H27N3O. The van der Waals surface area contributed by atoms with Crippen LogP contribution in [0.1, 0.15) is 39.2 Å². The van der Waals surface area contributed by atoms with Gasteiger partial charge in [-0.1, -0.05) is 26.0 Å². The topological polar surface area (TPSA) is 45.7 Å². The van der Waals surface area contributed by atoms with E-state index in [1.165, 1.54) is 5.56 Å². The van der Waals surface area contributed by atoms with E-state index in [0.717, 1.165) is 24.8 Å². The Labute approximate surface area is 122 Å². The van der Waals surface area contributed by atoms with Crippen molar-refractivity contribution >= 4 is 5.96 Å². The van der Waals surface area contributed by atoms with Crippen LogP contribution in [-0.4, -0.2) is 32.2 Å². The molecule has 1 aromatic carbocycles. The molecular weight excluding hydrogens is 250 g/mol. The highest BCUT2D eigenvalue weighted by Crippen LogP contribution is 2.18.